The van der Waals surface area contributed by atoms with Gasteiger partial charge < -0.3 is 21.6 Å². The molecule has 0 atom stereocenters. The minimum atomic E-state index is -1.25. The highest BCUT2D eigenvalue weighted by molar-refractivity contribution is 9.10. The summed E-state index contributed by atoms with van der Waals surface area (Å²) in [5.74, 6) is -3.95. The van der Waals surface area contributed by atoms with Gasteiger partial charge in [0.15, 0.2) is 17.5 Å². The maximum Gasteiger partial charge on any atom is 0.259 e. The van der Waals surface area contributed by atoms with Gasteiger partial charge in [-0.15, -0.1) is 0 Å². The Bertz CT molecular complexity index is 1170. The Hall–Kier alpha value is -3.86. The molecule has 0 bridgehead atoms. The topological polar surface area (TPSA) is 130 Å². The third-order valence-electron chi connectivity index (χ3n) is 4.07. The van der Waals surface area contributed by atoms with Crippen molar-refractivity contribution in [3.05, 3.63) is 87.5 Å². The van der Waals surface area contributed by atoms with Crippen LogP contribution in [0.2, 0.25) is 0 Å². The summed E-state index contributed by atoms with van der Waals surface area (Å²) in [5, 5.41) is 16.4. The van der Waals surface area contributed by atoms with Crippen LogP contribution < -0.4 is 16.4 Å². The second-order valence-corrected chi connectivity index (χ2v) is 7.06. The third-order valence-corrected chi connectivity index (χ3v) is 4.54. The molecule has 0 saturated carbocycles. The molecule has 0 fully saturated rings. The highest BCUT2D eigenvalue weighted by Crippen LogP contribution is 2.22. The van der Waals surface area contributed by atoms with Gasteiger partial charge in [0.25, 0.3) is 11.8 Å². The van der Waals surface area contributed by atoms with Gasteiger partial charge in [0, 0.05) is 27.9 Å². The van der Waals surface area contributed by atoms with E-state index in [9.17, 15) is 18.4 Å². The van der Waals surface area contributed by atoms with E-state index in [0.29, 0.717) is 22.2 Å². The van der Waals surface area contributed by atoms with Crippen LogP contribution in [0.25, 0.3) is 0 Å². The quantitative estimate of drug-likeness (QED) is 0.188. The Morgan fingerprint density at radius 3 is 2.23 bits per heavy atom. The number of pyridine rings is 1. The van der Waals surface area contributed by atoms with E-state index in [1.807, 2.05) is 0 Å². The standard InChI is InChI=1S/C20H14BrF2N5O3/c21-12-5-6-17(25-9-12)27-20(30)13-7-14(22)15(23)8-16(13)26-19(29)11-3-1-10(2-4-11)18(24)28-31/h1-9,31H,(H2,24,28)(H,26,29)(H,25,27,30). The van der Waals surface area contributed by atoms with E-state index < -0.39 is 23.4 Å². The minimum Gasteiger partial charge on any atom is -0.409 e. The van der Waals surface area contributed by atoms with Crippen LogP contribution in [0.3, 0.4) is 0 Å². The lowest BCUT2D eigenvalue weighted by molar-refractivity contribution is 0.102. The SMILES string of the molecule is N/C(=N/O)c1ccc(C(=O)Nc2cc(F)c(F)cc2C(=O)Nc2ccc(Br)cn2)cc1. The first-order valence-electron chi connectivity index (χ1n) is 8.59. The highest BCUT2D eigenvalue weighted by atomic mass is 79.9. The van der Waals surface area contributed by atoms with Crippen molar-refractivity contribution in [1.29, 1.82) is 0 Å². The number of nitrogens with zero attached hydrogens (tertiary/aromatic N) is 2. The largest absolute Gasteiger partial charge is 0.409 e. The number of hydrogen-bond donors (Lipinski definition) is 4. The Labute approximate surface area is 182 Å². The molecule has 0 radical (unpaired) electrons. The second kappa shape index (κ2) is 9.30. The van der Waals surface area contributed by atoms with Gasteiger partial charge in [-0.3, -0.25) is 9.59 Å². The van der Waals surface area contributed by atoms with E-state index in [4.69, 9.17) is 10.9 Å². The number of carbonyl (C=O) groups excluding carboxylic acids is 2. The van der Waals surface area contributed by atoms with E-state index in [2.05, 4.69) is 36.7 Å². The van der Waals surface area contributed by atoms with E-state index >= 15 is 0 Å². The predicted octanol–water partition coefficient (Wildman–Crippen LogP) is 3.72. The van der Waals surface area contributed by atoms with Crippen LogP contribution in [-0.4, -0.2) is 27.8 Å². The fraction of sp³-hybridized carbons (Fsp3) is 0. The first-order chi connectivity index (χ1) is 14.8. The van der Waals surface area contributed by atoms with Crippen molar-refractivity contribution in [2.45, 2.75) is 0 Å². The summed E-state index contributed by atoms with van der Waals surface area (Å²) in [6.45, 7) is 0. The number of anilines is 2. The lowest BCUT2D eigenvalue weighted by Crippen LogP contribution is -2.20. The second-order valence-electron chi connectivity index (χ2n) is 6.14. The van der Waals surface area contributed by atoms with Gasteiger partial charge in [-0.1, -0.05) is 17.3 Å². The van der Waals surface area contributed by atoms with Gasteiger partial charge in [0.1, 0.15) is 5.82 Å². The van der Waals surface area contributed by atoms with Crippen LogP contribution in [0.1, 0.15) is 26.3 Å². The summed E-state index contributed by atoms with van der Waals surface area (Å²) in [7, 11) is 0. The van der Waals surface area contributed by atoms with Gasteiger partial charge in [-0.2, -0.15) is 0 Å². The van der Waals surface area contributed by atoms with Crippen molar-refractivity contribution in [3.63, 3.8) is 0 Å². The van der Waals surface area contributed by atoms with Crippen molar-refractivity contribution in [2.75, 3.05) is 10.6 Å². The molecular weight excluding hydrogens is 476 g/mol. The molecule has 3 rings (SSSR count). The van der Waals surface area contributed by atoms with Gasteiger partial charge in [-0.05, 0) is 46.3 Å². The summed E-state index contributed by atoms with van der Waals surface area (Å²) in [6.07, 6.45) is 1.45. The number of nitrogens with one attached hydrogen (secondary N) is 2. The molecule has 1 aromatic heterocycles. The number of benzene rings is 2. The molecule has 0 saturated heterocycles. The predicted molar refractivity (Wildman–Crippen MR) is 113 cm³/mol. The fourth-order valence-electron chi connectivity index (χ4n) is 2.52. The van der Waals surface area contributed by atoms with E-state index in [1.165, 1.54) is 36.5 Å². The number of amidine groups is 1. The van der Waals surface area contributed by atoms with Crippen LogP contribution in [0.5, 0.6) is 0 Å². The molecule has 0 aliphatic carbocycles. The third kappa shape index (κ3) is 5.20. The molecule has 8 nitrogen and oxygen atoms in total. The van der Waals surface area contributed by atoms with Gasteiger partial charge in [0.2, 0.25) is 0 Å². The number of halogens is 3. The molecule has 0 aliphatic heterocycles. The smallest absolute Gasteiger partial charge is 0.259 e. The molecule has 5 N–H and O–H groups in total. The number of carbonyl (C=O) groups is 2. The highest BCUT2D eigenvalue weighted by Gasteiger charge is 2.19. The average Bonchev–Trinajstić information content (AvgIpc) is 2.77. The first kappa shape index (κ1) is 21.8. The van der Waals surface area contributed by atoms with Gasteiger partial charge >= 0.3 is 0 Å². The summed E-state index contributed by atoms with van der Waals surface area (Å²) < 4.78 is 28.3. The number of hydrogen-bond acceptors (Lipinski definition) is 5. The van der Waals surface area contributed by atoms with E-state index in [0.717, 1.165) is 0 Å². The first-order valence-corrected chi connectivity index (χ1v) is 9.39. The number of nitrogens with two attached hydrogens (primary N) is 1. The van der Waals surface area contributed by atoms with Crippen LogP contribution in [-0.2, 0) is 0 Å². The number of rotatable bonds is 5. The van der Waals surface area contributed by atoms with Crippen molar-refractivity contribution >= 4 is 45.1 Å². The normalized spacial score (nSPS) is 11.1. The maximum atomic E-state index is 13.8. The van der Waals surface area contributed by atoms with Gasteiger partial charge in [0.05, 0.1) is 11.3 Å². The zero-order chi connectivity index (χ0) is 22.5. The van der Waals surface area contributed by atoms with E-state index in [-0.39, 0.29) is 28.5 Å². The molecule has 0 aliphatic rings. The molecule has 0 unspecified atom stereocenters. The van der Waals surface area contributed by atoms with Crippen molar-refractivity contribution in [2.24, 2.45) is 10.9 Å². The van der Waals surface area contributed by atoms with Crippen molar-refractivity contribution in [3.8, 4) is 0 Å². The van der Waals surface area contributed by atoms with Crippen LogP contribution in [0.4, 0.5) is 20.3 Å². The summed E-state index contributed by atoms with van der Waals surface area (Å²) in [4.78, 5) is 29.1. The molecule has 2 amide bonds. The summed E-state index contributed by atoms with van der Waals surface area (Å²) in [6, 6.07) is 10.2. The zero-order valence-electron chi connectivity index (χ0n) is 15.6. The Morgan fingerprint density at radius 2 is 1.61 bits per heavy atom. The lowest BCUT2D eigenvalue weighted by atomic mass is 10.1. The van der Waals surface area contributed by atoms with Crippen LogP contribution in [0.15, 0.2) is 64.4 Å². The fourth-order valence-corrected chi connectivity index (χ4v) is 2.75. The summed E-state index contributed by atoms with van der Waals surface area (Å²) in [5.41, 5.74) is 5.44. The van der Waals surface area contributed by atoms with E-state index in [1.54, 1.807) is 6.07 Å². The van der Waals surface area contributed by atoms with Crippen LogP contribution in [0, 0.1) is 11.6 Å². The Morgan fingerprint density at radius 1 is 0.968 bits per heavy atom. The molecule has 11 heteroatoms. The molecule has 0 spiro atoms. The maximum absolute atomic E-state index is 13.8. The number of oxime groups is 1. The van der Waals surface area contributed by atoms with Gasteiger partial charge in [-0.25, -0.2) is 13.8 Å². The minimum absolute atomic E-state index is 0.139. The molecule has 1 heterocycles. The monoisotopic (exact) mass is 489 g/mol. The lowest BCUT2D eigenvalue weighted by Gasteiger charge is -2.12. The zero-order valence-corrected chi connectivity index (χ0v) is 17.2. The Kier molecular flexibility index (Phi) is 6.55. The van der Waals surface area contributed by atoms with Crippen molar-refractivity contribution < 1.29 is 23.6 Å². The molecule has 158 valence electrons. The molecule has 2 aromatic carbocycles. The Balaban J connectivity index is 1.86. The van der Waals surface area contributed by atoms with Crippen molar-refractivity contribution in [1.82, 2.24) is 4.98 Å². The number of amides is 2. The van der Waals surface area contributed by atoms with Crippen LogP contribution >= 0.6 is 15.9 Å². The molecule has 31 heavy (non-hydrogen) atoms. The summed E-state index contributed by atoms with van der Waals surface area (Å²) >= 11 is 3.21. The molecular formula is C20H14BrF2N5O3. The average molecular weight is 490 g/mol. The molecule has 3 aromatic rings. The number of aromatic nitrogens is 1.